The van der Waals surface area contributed by atoms with E-state index in [1.807, 2.05) is 140 Å². The number of hydrogen-bond acceptors (Lipinski definition) is 3. The smallest absolute Gasteiger partial charge is 0.208 e. The van der Waals surface area contributed by atoms with Gasteiger partial charge in [0, 0.05) is 61.3 Å². The molecule has 0 spiro atoms. The van der Waals surface area contributed by atoms with Crippen molar-refractivity contribution in [3.05, 3.63) is 140 Å². The summed E-state index contributed by atoms with van der Waals surface area (Å²) in [6.07, 6.45) is 0. The highest BCUT2D eigenvalue weighted by Gasteiger charge is 2.47. The molecule has 50 heavy (non-hydrogen) atoms. The maximum Gasteiger partial charge on any atom is 0.208 e. The lowest BCUT2D eigenvalue weighted by Crippen LogP contribution is -2.48. The molecular weight excluding hydrogens is 673 g/mol. The Bertz CT molecular complexity index is 1890. The van der Waals surface area contributed by atoms with Crippen molar-refractivity contribution < 1.29 is 13.7 Å². The third kappa shape index (κ3) is 6.72. The fraction of sp³-hybridized carbons (Fsp3) is 0.286. The molecule has 0 heterocycles. The molecule has 0 aliphatic rings. The maximum atomic E-state index is 16.9. The summed E-state index contributed by atoms with van der Waals surface area (Å²) >= 11 is 0. The average molecular weight is 725 g/mol. The predicted octanol–water partition coefficient (Wildman–Crippen LogP) is 8.02. The van der Waals surface area contributed by atoms with Crippen LogP contribution in [0.1, 0.15) is 55.4 Å². The van der Waals surface area contributed by atoms with E-state index >= 15 is 13.7 Å². The van der Waals surface area contributed by atoms with E-state index in [0.717, 1.165) is 0 Å². The van der Waals surface area contributed by atoms with Crippen LogP contribution in [-0.4, -0.2) is 33.5 Å². The van der Waals surface area contributed by atoms with Gasteiger partial charge in [0.05, 0.1) is 0 Å². The van der Waals surface area contributed by atoms with Crippen molar-refractivity contribution in [2.75, 3.05) is 0 Å². The van der Waals surface area contributed by atoms with Crippen LogP contribution in [0.25, 0.3) is 0 Å². The van der Waals surface area contributed by atoms with Crippen LogP contribution in [0.2, 0.25) is 0 Å². The van der Waals surface area contributed by atoms with Crippen LogP contribution >= 0.6 is 21.7 Å². The van der Waals surface area contributed by atoms with E-state index in [1.54, 1.807) is 0 Å². The monoisotopic (exact) mass is 724 g/mol. The van der Waals surface area contributed by atoms with Gasteiger partial charge >= 0.3 is 0 Å². The molecule has 0 amide bonds. The molecule has 5 aromatic rings. The SMILES string of the molecule is CC(C)N(C(C)C)P(=O)(c1ccccc1)c1ccccc1P(=O)(c1ccccc1)c1ccccc1P(=O)(c1ccccc1)N(C(C)C)C(C)C. The van der Waals surface area contributed by atoms with Crippen molar-refractivity contribution in [2.45, 2.75) is 79.6 Å². The minimum absolute atomic E-state index is 0.0820. The zero-order valence-electron chi connectivity index (χ0n) is 30.5. The second-order valence-electron chi connectivity index (χ2n) is 13.9. The molecule has 0 aliphatic heterocycles. The molecule has 262 valence electrons. The molecule has 2 atom stereocenters. The second kappa shape index (κ2) is 15.5. The first-order valence-electron chi connectivity index (χ1n) is 17.6. The number of rotatable bonds is 13. The van der Waals surface area contributed by atoms with Gasteiger partial charge in [-0.3, -0.25) is 9.13 Å². The lowest BCUT2D eigenvalue weighted by Gasteiger charge is -2.41. The van der Waals surface area contributed by atoms with Gasteiger partial charge in [-0.25, -0.2) is 9.34 Å². The van der Waals surface area contributed by atoms with Crippen LogP contribution in [-0.2, 0) is 13.7 Å². The van der Waals surface area contributed by atoms with Crippen LogP contribution in [0.4, 0.5) is 0 Å². The Hall–Kier alpha value is -3.29. The molecule has 5 aromatic carbocycles. The standard InChI is InChI=1S/C42H51N2O3P3/c1-32(2)43(33(3)4)49(46,37-24-14-10-15-25-37)41-30-20-18-28-39(41)48(45,36-22-12-9-13-23-36)40-29-19-21-31-42(40)50(47,38-26-16-11-17-27-38)44(34(5)6)35(7)8/h9-35H,1-8H3. The van der Waals surface area contributed by atoms with E-state index in [2.05, 4.69) is 64.7 Å². The number of nitrogens with zero attached hydrogens (tertiary/aromatic N) is 2. The minimum Gasteiger partial charge on any atom is -0.309 e. The van der Waals surface area contributed by atoms with Crippen LogP contribution in [0.15, 0.2) is 140 Å². The fourth-order valence-corrected chi connectivity index (χ4v) is 18.7. The summed E-state index contributed by atoms with van der Waals surface area (Å²) in [5, 5.41) is 4.03. The normalized spacial score (nSPS) is 15.8. The summed E-state index contributed by atoms with van der Waals surface area (Å²) in [6.45, 7) is 16.5. The summed E-state index contributed by atoms with van der Waals surface area (Å²) in [5.41, 5.74) is 0. The second-order valence-corrected chi connectivity index (χ2v) is 21.8. The zero-order valence-corrected chi connectivity index (χ0v) is 33.2. The highest BCUT2D eigenvalue weighted by atomic mass is 31.2. The summed E-state index contributed by atoms with van der Waals surface area (Å²) in [4.78, 5) is 0. The Morgan fingerprint density at radius 1 is 0.340 bits per heavy atom. The van der Waals surface area contributed by atoms with Crippen molar-refractivity contribution in [3.63, 3.8) is 0 Å². The Kier molecular flexibility index (Phi) is 11.8. The third-order valence-corrected chi connectivity index (χ3v) is 19.9. The molecule has 0 saturated carbocycles. The molecular formula is C42H51N2O3P3. The predicted molar refractivity (Wildman–Crippen MR) is 217 cm³/mol. The largest absolute Gasteiger partial charge is 0.309 e. The van der Waals surface area contributed by atoms with Gasteiger partial charge in [0.2, 0.25) is 14.6 Å². The van der Waals surface area contributed by atoms with Gasteiger partial charge in [0.25, 0.3) is 0 Å². The Morgan fingerprint density at radius 3 is 0.860 bits per heavy atom. The maximum absolute atomic E-state index is 16.9. The van der Waals surface area contributed by atoms with Crippen molar-refractivity contribution in [1.29, 1.82) is 0 Å². The molecule has 0 aliphatic carbocycles. The van der Waals surface area contributed by atoms with Gasteiger partial charge in [-0.15, -0.1) is 0 Å². The van der Waals surface area contributed by atoms with E-state index < -0.39 is 21.7 Å². The zero-order chi connectivity index (χ0) is 36.3. The van der Waals surface area contributed by atoms with Gasteiger partial charge < -0.3 is 4.57 Å². The quantitative estimate of drug-likeness (QED) is 0.115. The van der Waals surface area contributed by atoms with Gasteiger partial charge in [-0.05, 0) is 91.8 Å². The highest BCUT2D eigenvalue weighted by molar-refractivity contribution is 7.90. The van der Waals surface area contributed by atoms with Gasteiger partial charge in [0.15, 0.2) is 7.14 Å². The highest BCUT2D eigenvalue weighted by Crippen LogP contribution is 2.56. The molecule has 0 saturated heterocycles. The molecule has 5 rings (SSSR count). The average Bonchev–Trinajstić information content (AvgIpc) is 3.11. The first-order valence-corrected chi connectivity index (χ1v) is 22.6. The first kappa shape index (κ1) is 38.0. The lowest BCUT2D eigenvalue weighted by molar-refractivity contribution is 0.307. The van der Waals surface area contributed by atoms with Crippen LogP contribution in [0.3, 0.4) is 0 Å². The lowest BCUT2D eigenvalue weighted by atomic mass is 10.3. The van der Waals surface area contributed by atoms with Gasteiger partial charge in [-0.1, -0.05) is 103 Å². The molecule has 5 nitrogen and oxygen atoms in total. The molecule has 0 N–H and O–H groups in total. The van der Waals surface area contributed by atoms with Gasteiger partial charge in [-0.2, -0.15) is 0 Å². The third-order valence-electron chi connectivity index (χ3n) is 9.19. The number of benzene rings is 5. The fourth-order valence-electron chi connectivity index (χ4n) is 7.57. The Labute approximate surface area is 300 Å². The minimum atomic E-state index is -3.88. The van der Waals surface area contributed by atoms with Crippen LogP contribution in [0.5, 0.6) is 0 Å². The molecule has 0 aromatic heterocycles. The topological polar surface area (TPSA) is 57.7 Å². The molecule has 8 heteroatoms. The molecule has 0 radical (unpaired) electrons. The van der Waals surface area contributed by atoms with E-state index in [-0.39, 0.29) is 24.2 Å². The molecule has 2 unspecified atom stereocenters. The van der Waals surface area contributed by atoms with Crippen LogP contribution < -0.4 is 37.1 Å². The van der Waals surface area contributed by atoms with E-state index in [1.165, 1.54) is 0 Å². The van der Waals surface area contributed by atoms with Crippen molar-refractivity contribution in [1.82, 2.24) is 9.34 Å². The Morgan fingerprint density at radius 2 is 0.580 bits per heavy atom. The van der Waals surface area contributed by atoms with Crippen LogP contribution in [0, 0.1) is 0 Å². The van der Waals surface area contributed by atoms with E-state index in [9.17, 15) is 0 Å². The summed E-state index contributed by atoms with van der Waals surface area (Å²) < 4.78 is 53.5. The van der Waals surface area contributed by atoms with E-state index in [4.69, 9.17) is 0 Å². The summed E-state index contributed by atoms with van der Waals surface area (Å²) in [6, 6.07) is 43.4. The summed E-state index contributed by atoms with van der Waals surface area (Å²) in [7, 11) is -11.1. The Balaban J connectivity index is 1.96. The first-order chi connectivity index (χ1) is 23.8. The number of hydrogen-bond donors (Lipinski definition) is 0. The van der Waals surface area contributed by atoms with Crippen molar-refractivity contribution in [3.8, 4) is 0 Å². The van der Waals surface area contributed by atoms with Crippen molar-refractivity contribution >= 4 is 58.9 Å². The van der Waals surface area contributed by atoms with E-state index in [0.29, 0.717) is 37.1 Å². The molecule has 0 bridgehead atoms. The van der Waals surface area contributed by atoms with Gasteiger partial charge in [0.1, 0.15) is 0 Å². The molecule has 0 fully saturated rings. The van der Waals surface area contributed by atoms with Crippen molar-refractivity contribution in [2.24, 2.45) is 0 Å². The summed E-state index contributed by atoms with van der Waals surface area (Å²) in [5.74, 6) is 0.